The van der Waals surface area contributed by atoms with Gasteiger partial charge in [0.25, 0.3) is 0 Å². The van der Waals surface area contributed by atoms with Crippen LogP contribution in [0.5, 0.6) is 0 Å². The average molecular weight is 266 g/mol. The van der Waals surface area contributed by atoms with Gasteiger partial charge in [-0.25, -0.2) is 0 Å². The summed E-state index contributed by atoms with van der Waals surface area (Å²) in [6, 6.07) is 20.2. The lowest BCUT2D eigenvalue weighted by molar-refractivity contribution is 0.115. The van der Waals surface area contributed by atoms with E-state index in [1.54, 1.807) is 0 Å². The van der Waals surface area contributed by atoms with Crippen LogP contribution in [-0.2, 0) is 11.1 Å². The number of hydrogen-bond acceptors (Lipinski definition) is 2. The second-order valence-electron chi connectivity index (χ2n) is 6.07. The third-order valence-corrected chi connectivity index (χ3v) is 4.79. The molecular weight excluding hydrogens is 246 g/mol. The largest absolute Gasteiger partial charge is 0.784 e. The summed E-state index contributed by atoms with van der Waals surface area (Å²) >= 11 is 0. The molecule has 1 heterocycles. The molecule has 0 aromatic heterocycles. The maximum absolute atomic E-state index is 13.1. The molecule has 2 atom stereocenters. The van der Waals surface area contributed by atoms with E-state index >= 15 is 0 Å². The van der Waals surface area contributed by atoms with Crippen molar-refractivity contribution < 1.29 is 0 Å². The highest BCUT2D eigenvalue weighted by atomic mass is 16.5. The number of nitrogens with zero attached hydrogens (tertiary/aromatic N) is 1. The Morgan fingerprint density at radius 2 is 1.10 bits per heavy atom. The van der Waals surface area contributed by atoms with Gasteiger partial charge in [-0.1, -0.05) is 60.7 Å². The lowest BCUT2D eigenvalue weighted by Crippen LogP contribution is -2.43. The standard InChI is InChI=1S/C18H20NO/c1-17(15-9-5-3-6-10-15)13-14-18(2,19(17)20)16-11-7-4-8-12-16/h3-12H,13-14H2,1-2H3/q-1/t17-,18-/m0/s1. The average Bonchev–Trinajstić information content (AvgIpc) is 2.76. The molecule has 20 heavy (non-hydrogen) atoms. The zero-order valence-corrected chi connectivity index (χ0v) is 12.0. The second-order valence-corrected chi connectivity index (χ2v) is 6.07. The minimum Gasteiger partial charge on any atom is -0.784 e. The van der Waals surface area contributed by atoms with Crippen LogP contribution in [0.3, 0.4) is 0 Å². The van der Waals surface area contributed by atoms with Crippen molar-refractivity contribution >= 4 is 0 Å². The van der Waals surface area contributed by atoms with E-state index in [4.69, 9.17) is 0 Å². The molecule has 104 valence electrons. The van der Waals surface area contributed by atoms with Crippen molar-refractivity contribution in [2.75, 3.05) is 0 Å². The number of hydrogen-bond donors (Lipinski definition) is 0. The molecule has 0 unspecified atom stereocenters. The summed E-state index contributed by atoms with van der Waals surface area (Å²) in [5.41, 5.74) is 1.34. The summed E-state index contributed by atoms with van der Waals surface area (Å²) in [5.74, 6) is 0. The third kappa shape index (κ3) is 1.88. The van der Waals surface area contributed by atoms with Gasteiger partial charge in [0.15, 0.2) is 0 Å². The van der Waals surface area contributed by atoms with Crippen LogP contribution in [0.15, 0.2) is 60.7 Å². The fourth-order valence-corrected chi connectivity index (χ4v) is 3.35. The van der Waals surface area contributed by atoms with Crippen LogP contribution in [0.4, 0.5) is 0 Å². The molecule has 2 heteroatoms. The van der Waals surface area contributed by atoms with Gasteiger partial charge in [0, 0.05) is 11.1 Å². The van der Waals surface area contributed by atoms with Gasteiger partial charge in [0.2, 0.25) is 0 Å². The van der Waals surface area contributed by atoms with Crippen LogP contribution < -0.4 is 0 Å². The predicted molar refractivity (Wildman–Crippen MR) is 82.0 cm³/mol. The molecule has 2 aromatic carbocycles. The molecule has 0 amide bonds. The van der Waals surface area contributed by atoms with Crippen molar-refractivity contribution in [2.24, 2.45) is 0 Å². The van der Waals surface area contributed by atoms with Crippen molar-refractivity contribution in [1.82, 2.24) is 5.06 Å². The van der Waals surface area contributed by atoms with Gasteiger partial charge >= 0.3 is 0 Å². The Bertz CT molecular complexity index is 529. The van der Waals surface area contributed by atoms with Gasteiger partial charge < -0.3 is 10.3 Å². The molecule has 2 nitrogen and oxygen atoms in total. The molecule has 1 aliphatic rings. The van der Waals surface area contributed by atoms with Crippen molar-refractivity contribution in [3.8, 4) is 0 Å². The lowest BCUT2D eigenvalue weighted by Gasteiger charge is -2.50. The van der Waals surface area contributed by atoms with Crippen LogP contribution in [-0.4, -0.2) is 5.06 Å². The van der Waals surface area contributed by atoms with Gasteiger partial charge in [-0.3, -0.25) is 0 Å². The molecule has 0 spiro atoms. The van der Waals surface area contributed by atoms with Gasteiger partial charge in [-0.15, -0.1) is 0 Å². The summed E-state index contributed by atoms with van der Waals surface area (Å²) in [7, 11) is 0. The molecule has 0 radical (unpaired) electrons. The van der Waals surface area contributed by atoms with E-state index in [0.29, 0.717) is 0 Å². The van der Waals surface area contributed by atoms with E-state index in [0.717, 1.165) is 24.0 Å². The van der Waals surface area contributed by atoms with Crippen LogP contribution >= 0.6 is 0 Å². The highest BCUT2D eigenvalue weighted by molar-refractivity contribution is 5.32. The quantitative estimate of drug-likeness (QED) is 0.804. The Balaban J connectivity index is 2.01. The van der Waals surface area contributed by atoms with Crippen LogP contribution in [0.25, 0.3) is 0 Å². The summed E-state index contributed by atoms with van der Waals surface area (Å²) < 4.78 is 0. The van der Waals surface area contributed by atoms with E-state index in [1.807, 2.05) is 36.4 Å². The van der Waals surface area contributed by atoms with Crippen molar-refractivity contribution in [3.63, 3.8) is 0 Å². The van der Waals surface area contributed by atoms with Gasteiger partial charge in [0.05, 0.1) is 0 Å². The first-order valence-corrected chi connectivity index (χ1v) is 7.16. The Morgan fingerprint density at radius 3 is 1.45 bits per heavy atom. The normalized spacial score (nSPS) is 30.6. The lowest BCUT2D eigenvalue weighted by atomic mass is 9.89. The van der Waals surface area contributed by atoms with E-state index in [-0.39, 0.29) is 0 Å². The first kappa shape index (κ1) is 13.3. The zero-order valence-electron chi connectivity index (χ0n) is 12.0. The van der Waals surface area contributed by atoms with E-state index < -0.39 is 11.1 Å². The third-order valence-electron chi connectivity index (χ3n) is 4.79. The fourth-order valence-electron chi connectivity index (χ4n) is 3.35. The molecule has 1 aliphatic heterocycles. The molecule has 1 saturated heterocycles. The minimum absolute atomic E-state index is 0.439. The molecule has 0 N–H and O–H groups in total. The molecule has 1 fully saturated rings. The summed E-state index contributed by atoms with van der Waals surface area (Å²) in [6.45, 7) is 4.12. The first-order chi connectivity index (χ1) is 9.57. The molecule has 0 bridgehead atoms. The topological polar surface area (TPSA) is 26.3 Å². The van der Waals surface area contributed by atoms with Gasteiger partial charge in [-0.2, -0.15) is 0 Å². The maximum Gasteiger partial charge on any atom is 0.0325 e. The highest BCUT2D eigenvalue weighted by Gasteiger charge is 2.46. The maximum atomic E-state index is 13.1. The molecular formula is C18H20NO-. The Hall–Kier alpha value is -1.64. The highest BCUT2D eigenvalue weighted by Crippen LogP contribution is 2.50. The van der Waals surface area contributed by atoms with Crippen molar-refractivity contribution in [2.45, 2.75) is 37.8 Å². The summed E-state index contributed by atoms with van der Waals surface area (Å²) in [6.07, 6.45) is 1.76. The minimum atomic E-state index is -0.439. The van der Waals surface area contributed by atoms with Crippen LogP contribution in [0.2, 0.25) is 0 Å². The van der Waals surface area contributed by atoms with Crippen LogP contribution in [0.1, 0.15) is 37.8 Å². The summed E-state index contributed by atoms with van der Waals surface area (Å²) in [4.78, 5) is 0. The Labute approximate surface area is 120 Å². The summed E-state index contributed by atoms with van der Waals surface area (Å²) in [5, 5.41) is 14.4. The van der Waals surface area contributed by atoms with E-state index in [2.05, 4.69) is 38.1 Å². The van der Waals surface area contributed by atoms with Crippen LogP contribution in [0, 0.1) is 5.21 Å². The smallest absolute Gasteiger partial charge is 0.0325 e. The number of rotatable bonds is 2. The molecule has 0 aliphatic carbocycles. The van der Waals surface area contributed by atoms with Crippen molar-refractivity contribution in [3.05, 3.63) is 77.0 Å². The number of hydroxylamine groups is 2. The molecule has 3 rings (SSSR count). The Kier molecular flexibility index (Phi) is 3.15. The van der Waals surface area contributed by atoms with Gasteiger partial charge in [-0.05, 0) is 37.8 Å². The monoisotopic (exact) mass is 266 g/mol. The second kappa shape index (κ2) is 4.72. The molecule has 0 saturated carbocycles. The Morgan fingerprint density at radius 1 is 0.750 bits per heavy atom. The first-order valence-electron chi connectivity index (χ1n) is 7.16. The molecule has 2 aromatic rings. The van der Waals surface area contributed by atoms with Gasteiger partial charge in [0.1, 0.15) is 0 Å². The fraction of sp³-hybridized carbons (Fsp3) is 0.333. The van der Waals surface area contributed by atoms with E-state index in [1.165, 1.54) is 5.06 Å². The van der Waals surface area contributed by atoms with Crippen molar-refractivity contribution in [1.29, 1.82) is 0 Å². The van der Waals surface area contributed by atoms with E-state index in [9.17, 15) is 5.21 Å². The predicted octanol–water partition coefficient (Wildman–Crippen LogP) is 4.41. The number of benzene rings is 2. The zero-order chi connectivity index (χ0) is 14.2. The SMILES string of the molecule is C[C@@]1(c2ccccc2)CC[C@@](C)(c2ccccc2)N1[O-].